The first-order valence-corrected chi connectivity index (χ1v) is 4.13. The number of aliphatic hydroxyl groups excluding tert-OH is 1. The van der Waals surface area contributed by atoms with Crippen molar-refractivity contribution in [3.63, 3.8) is 0 Å². The third-order valence-corrected chi connectivity index (χ3v) is 2.02. The molecular weight excluding hydrogens is 213 g/mol. The molecule has 0 saturated carbocycles. The first-order valence-electron chi connectivity index (χ1n) is 4.13. The van der Waals surface area contributed by atoms with Crippen LogP contribution < -0.4 is 9.47 Å². The van der Waals surface area contributed by atoms with Gasteiger partial charge >= 0.3 is 6.18 Å². The highest BCUT2D eigenvalue weighted by Crippen LogP contribution is 2.44. The molecule has 0 fully saturated rings. The van der Waals surface area contributed by atoms with Gasteiger partial charge in [-0.15, -0.1) is 0 Å². The summed E-state index contributed by atoms with van der Waals surface area (Å²) in [5.41, 5.74) is -0.770. The van der Waals surface area contributed by atoms with E-state index in [1.807, 2.05) is 0 Å². The summed E-state index contributed by atoms with van der Waals surface area (Å²) in [6, 6.07) is 2.19. The van der Waals surface area contributed by atoms with Gasteiger partial charge in [-0.3, -0.25) is 0 Å². The summed E-state index contributed by atoms with van der Waals surface area (Å²) in [6.45, 7) is -0.701. The molecule has 0 atom stereocenters. The van der Waals surface area contributed by atoms with Crippen LogP contribution in [0.3, 0.4) is 0 Å². The van der Waals surface area contributed by atoms with Gasteiger partial charge in [-0.05, 0) is 17.7 Å². The number of rotatable bonds is 1. The highest BCUT2D eigenvalue weighted by molar-refractivity contribution is 5.52. The Hall–Kier alpha value is -1.43. The minimum Gasteiger partial charge on any atom is -0.454 e. The molecule has 1 aromatic carbocycles. The Morgan fingerprint density at radius 3 is 2.60 bits per heavy atom. The van der Waals surface area contributed by atoms with Crippen LogP contribution in [0.1, 0.15) is 11.1 Å². The Labute approximate surface area is 83.0 Å². The lowest BCUT2D eigenvalue weighted by molar-refractivity contribution is -0.138. The zero-order chi connectivity index (χ0) is 11.1. The quantitative estimate of drug-likeness (QED) is 0.785. The average Bonchev–Trinajstić information content (AvgIpc) is 2.61. The van der Waals surface area contributed by atoms with Crippen molar-refractivity contribution in [2.75, 3.05) is 6.79 Å². The highest BCUT2D eigenvalue weighted by Gasteiger charge is 2.38. The van der Waals surface area contributed by atoms with Crippen LogP contribution in [0.5, 0.6) is 11.5 Å². The largest absolute Gasteiger partial charge is 0.454 e. The van der Waals surface area contributed by atoms with Gasteiger partial charge in [-0.25, -0.2) is 0 Å². The predicted octanol–water partition coefficient (Wildman–Crippen LogP) is 1.93. The van der Waals surface area contributed by atoms with Gasteiger partial charge in [-0.2, -0.15) is 13.2 Å². The van der Waals surface area contributed by atoms with Gasteiger partial charge in [0.2, 0.25) is 6.79 Å². The molecule has 0 unspecified atom stereocenters. The van der Waals surface area contributed by atoms with Crippen LogP contribution in [-0.4, -0.2) is 11.9 Å². The monoisotopic (exact) mass is 220 g/mol. The molecule has 0 spiro atoms. The molecule has 1 N–H and O–H groups in total. The number of hydrogen-bond donors (Lipinski definition) is 1. The summed E-state index contributed by atoms with van der Waals surface area (Å²) < 4.78 is 47.2. The van der Waals surface area contributed by atoms with Crippen LogP contribution in [0.15, 0.2) is 12.1 Å². The lowest BCUT2D eigenvalue weighted by atomic mass is 10.1. The summed E-state index contributed by atoms with van der Waals surface area (Å²) >= 11 is 0. The van der Waals surface area contributed by atoms with E-state index in [4.69, 9.17) is 14.6 Å². The molecule has 1 aliphatic heterocycles. The first-order chi connectivity index (χ1) is 7.02. The smallest absolute Gasteiger partial charge is 0.420 e. The molecule has 0 amide bonds. The second-order valence-electron chi connectivity index (χ2n) is 3.03. The summed E-state index contributed by atoms with van der Waals surface area (Å²) in [5, 5.41) is 8.80. The van der Waals surface area contributed by atoms with E-state index in [0.29, 0.717) is 0 Å². The fourth-order valence-corrected chi connectivity index (χ4v) is 1.37. The van der Waals surface area contributed by atoms with Gasteiger partial charge in [0.05, 0.1) is 6.61 Å². The zero-order valence-corrected chi connectivity index (χ0v) is 7.47. The molecule has 1 heterocycles. The molecule has 0 bridgehead atoms. The van der Waals surface area contributed by atoms with Crippen LogP contribution in [-0.2, 0) is 12.8 Å². The van der Waals surface area contributed by atoms with Crippen molar-refractivity contribution in [1.29, 1.82) is 0 Å². The number of aliphatic hydroxyl groups is 1. The fraction of sp³-hybridized carbons (Fsp3) is 0.333. The molecule has 0 saturated heterocycles. The van der Waals surface area contributed by atoms with E-state index in [-0.39, 0.29) is 23.9 Å². The molecular formula is C9H7F3O3. The van der Waals surface area contributed by atoms with Gasteiger partial charge in [0.1, 0.15) is 5.56 Å². The fourth-order valence-electron chi connectivity index (χ4n) is 1.37. The van der Waals surface area contributed by atoms with Crippen molar-refractivity contribution in [1.82, 2.24) is 0 Å². The van der Waals surface area contributed by atoms with E-state index in [9.17, 15) is 13.2 Å². The summed E-state index contributed by atoms with van der Waals surface area (Å²) in [4.78, 5) is 0. The second-order valence-corrected chi connectivity index (χ2v) is 3.03. The van der Waals surface area contributed by atoms with Crippen molar-refractivity contribution in [2.24, 2.45) is 0 Å². The summed E-state index contributed by atoms with van der Waals surface area (Å²) in [7, 11) is 0. The molecule has 0 aliphatic carbocycles. The Morgan fingerprint density at radius 1 is 1.27 bits per heavy atom. The van der Waals surface area contributed by atoms with Crippen LogP contribution in [0.25, 0.3) is 0 Å². The van der Waals surface area contributed by atoms with Crippen molar-refractivity contribution in [3.8, 4) is 11.5 Å². The molecule has 1 aliphatic rings. The van der Waals surface area contributed by atoms with Gasteiger partial charge in [0.25, 0.3) is 0 Å². The number of ether oxygens (including phenoxy) is 2. The van der Waals surface area contributed by atoms with Gasteiger partial charge in [0, 0.05) is 0 Å². The Balaban J connectivity index is 2.57. The number of benzene rings is 1. The van der Waals surface area contributed by atoms with Gasteiger partial charge in [-0.1, -0.05) is 0 Å². The standard InChI is InChI=1S/C9H7F3O3/c10-9(11,12)6-1-5(3-13)2-7-8(6)15-4-14-7/h1-2,13H,3-4H2. The van der Waals surface area contributed by atoms with Crippen LogP contribution in [0.2, 0.25) is 0 Å². The first kappa shape index (κ1) is 10.1. The molecule has 82 valence electrons. The molecule has 15 heavy (non-hydrogen) atoms. The van der Waals surface area contributed by atoms with E-state index in [1.165, 1.54) is 6.07 Å². The normalized spacial score (nSPS) is 14.4. The lowest BCUT2D eigenvalue weighted by Crippen LogP contribution is -2.07. The molecule has 0 radical (unpaired) electrons. The molecule has 6 heteroatoms. The number of fused-ring (bicyclic) bond motifs is 1. The third-order valence-electron chi connectivity index (χ3n) is 2.02. The van der Waals surface area contributed by atoms with E-state index in [1.54, 1.807) is 0 Å². The SMILES string of the molecule is OCc1cc2c(c(C(F)(F)F)c1)OCO2. The molecule has 3 nitrogen and oxygen atoms in total. The van der Waals surface area contributed by atoms with E-state index < -0.39 is 18.3 Å². The maximum absolute atomic E-state index is 12.5. The Bertz CT molecular complexity index is 387. The topological polar surface area (TPSA) is 38.7 Å². The van der Waals surface area contributed by atoms with Crippen LogP contribution in [0.4, 0.5) is 13.2 Å². The summed E-state index contributed by atoms with van der Waals surface area (Å²) in [5.74, 6) is -0.284. The molecule has 0 aromatic heterocycles. The van der Waals surface area contributed by atoms with Crippen molar-refractivity contribution < 1.29 is 27.8 Å². The maximum atomic E-state index is 12.5. The third kappa shape index (κ3) is 1.72. The maximum Gasteiger partial charge on any atom is 0.420 e. The van der Waals surface area contributed by atoms with Crippen molar-refractivity contribution in [2.45, 2.75) is 12.8 Å². The van der Waals surface area contributed by atoms with E-state index in [0.717, 1.165) is 6.07 Å². The Morgan fingerprint density at radius 2 is 2.00 bits per heavy atom. The minimum absolute atomic E-state index is 0.0221. The van der Waals surface area contributed by atoms with Gasteiger partial charge in [0.15, 0.2) is 11.5 Å². The van der Waals surface area contributed by atoms with E-state index in [2.05, 4.69) is 0 Å². The molecule has 1 aromatic rings. The summed E-state index contributed by atoms with van der Waals surface area (Å²) in [6.07, 6.45) is -4.51. The van der Waals surface area contributed by atoms with Crippen molar-refractivity contribution in [3.05, 3.63) is 23.3 Å². The Kier molecular flexibility index (Phi) is 2.22. The zero-order valence-electron chi connectivity index (χ0n) is 7.47. The lowest BCUT2D eigenvalue weighted by Gasteiger charge is -2.10. The minimum atomic E-state index is -4.51. The second kappa shape index (κ2) is 3.30. The molecule has 2 rings (SSSR count). The van der Waals surface area contributed by atoms with Crippen LogP contribution in [0, 0.1) is 0 Å². The number of halogens is 3. The number of hydrogen-bond acceptors (Lipinski definition) is 3. The van der Waals surface area contributed by atoms with E-state index >= 15 is 0 Å². The predicted molar refractivity (Wildman–Crippen MR) is 43.5 cm³/mol. The van der Waals surface area contributed by atoms with Gasteiger partial charge < -0.3 is 14.6 Å². The van der Waals surface area contributed by atoms with Crippen LogP contribution >= 0.6 is 0 Å². The van der Waals surface area contributed by atoms with Crippen molar-refractivity contribution >= 4 is 0 Å². The highest BCUT2D eigenvalue weighted by atomic mass is 19.4. The number of alkyl halides is 3. The average molecular weight is 220 g/mol.